The van der Waals surface area contributed by atoms with Gasteiger partial charge in [0.2, 0.25) is 0 Å². The second kappa shape index (κ2) is 4.73. The first-order valence-corrected chi connectivity index (χ1v) is 5.95. The van der Waals surface area contributed by atoms with Crippen molar-refractivity contribution in [3.05, 3.63) is 24.0 Å². The maximum Gasteiger partial charge on any atom is 0.356 e. The van der Waals surface area contributed by atoms with E-state index in [1.807, 2.05) is 6.07 Å². The minimum absolute atomic E-state index is 0.148. The molecule has 1 aliphatic carbocycles. The van der Waals surface area contributed by atoms with Gasteiger partial charge in [0.1, 0.15) is 5.69 Å². The molecule has 0 aromatic carbocycles. The van der Waals surface area contributed by atoms with Gasteiger partial charge in [-0.3, -0.25) is 0 Å². The van der Waals surface area contributed by atoms with Crippen LogP contribution >= 0.6 is 0 Å². The highest BCUT2D eigenvalue weighted by Gasteiger charge is 2.28. The number of nitrogens with zero attached hydrogens (tertiary/aromatic N) is 1. The molecule has 1 N–H and O–H groups in total. The van der Waals surface area contributed by atoms with Gasteiger partial charge in [-0.05, 0) is 31.9 Å². The van der Waals surface area contributed by atoms with Crippen LogP contribution in [0.3, 0.4) is 0 Å². The molecule has 1 saturated carbocycles. The molecule has 17 heavy (non-hydrogen) atoms. The van der Waals surface area contributed by atoms with Crippen LogP contribution in [0.1, 0.15) is 43.1 Å². The molecule has 1 heterocycles. The normalized spacial score (nSPS) is 17.8. The predicted molar refractivity (Wildman–Crippen MR) is 66.1 cm³/mol. The number of esters is 1. The van der Waals surface area contributed by atoms with Gasteiger partial charge in [-0.2, -0.15) is 0 Å². The lowest BCUT2D eigenvalue weighted by Gasteiger charge is -2.26. The molecule has 1 aromatic heterocycles. The summed E-state index contributed by atoms with van der Waals surface area (Å²) in [6.07, 6.45) is 6.50. The molecule has 0 amide bonds. The highest BCUT2D eigenvalue weighted by atomic mass is 16.5. The number of methoxy groups -OCH3 is 1. The minimum Gasteiger partial charge on any atom is -0.464 e. The summed E-state index contributed by atoms with van der Waals surface area (Å²) < 4.78 is 4.66. The highest BCUT2D eigenvalue weighted by molar-refractivity contribution is 5.88. The van der Waals surface area contributed by atoms with Crippen molar-refractivity contribution in [1.82, 2.24) is 4.98 Å². The molecule has 0 radical (unpaired) electrons. The van der Waals surface area contributed by atoms with E-state index in [-0.39, 0.29) is 5.54 Å². The monoisotopic (exact) mass is 234 g/mol. The van der Waals surface area contributed by atoms with Gasteiger partial charge < -0.3 is 10.1 Å². The van der Waals surface area contributed by atoms with E-state index in [9.17, 15) is 4.79 Å². The average molecular weight is 234 g/mol. The van der Waals surface area contributed by atoms with E-state index in [1.165, 1.54) is 32.8 Å². The maximum absolute atomic E-state index is 11.4. The smallest absolute Gasteiger partial charge is 0.356 e. The summed E-state index contributed by atoms with van der Waals surface area (Å²) in [6, 6.07) is 3.63. The molecule has 0 bridgehead atoms. The molecular formula is C13H18N2O2. The average Bonchev–Trinajstić information content (AvgIpc) is 2.75. The van der Waals surface area contributed by atoms with Crippen LogP contribution in [0.5, 0.6) is 0 Å². The van der Waals surface area contributed by atoms with Gasteiger partial charge in [-0.1, -0.05) is 12.8 Å². The largest absolute Gasteiger partial charge is 0.464 e. The molecule has 1 aliphatic rings. The van der Waals surface area contributed by atoms with Crippen LogP contribution in [0, 0.1) is 0 Å². The molecule has 0 aliphatic heterocycles. The Balaban J connectivity index is 2.13. The van der Waals surface area contributed by atoms with E-state index >= 15 is 0 Å². The van der Waals surface area contributed by atoms with Crippen LogP contribution in [-0.2, 0) is 4.74 Å². The lowest BCUT2D eigenvalue weighted by molar-refractivity contribution is 0.0594. The van der Waals surface area contributed by atoms with Crippen molar-refractivity contribution in [3.8, 4) is 0 Å². The Morgan fingerprint density at radius 1 is 1.47 bits per heavy atom. The molecule has 92 valence electrons. The fraction of sp³-hybridized carbons (Fsp3) is 0.538. The van der Waals surface area contributed by atoms with Crippen molar-refractivity contribution in [2.24, 2.45) is 0 Å². The van der Waals surface area contributed by atoms with Crippen LogP contribution in [0.25, 0.3) is 0 Å². The van der Waals surface area contributed by atoms with E-state index in [4.69, 9.17) is 0 Å². The van der Waals surface area contributed by atoms with Crippen LogP contribution in [-0.4, -0.2) is 23.6 Å². The maximum atomic E-state index is 11.4. The highest BCUT2D eigenvalue weighted by Crippen LogP contribution is 2.32. The lowest BCUT2D eigenvalue weighted by atomic mass is 10.0. The van der Waals surface area contributed by atoms with Crippen molar-refractivity contribution in [2.75, 3.05) is 12.4 Å². The number of hydrogen-bond acceptors (Lipinski definition) is 4. The minimum atomic E-state index is -0.398. The lowest BCUT2D eigenvalue weighted by Crippen LogP contribution is -2.30. The first-order chi connectivity index (χ1) is 8.13. The van der Waals surface area contributed by atoms with Crippen molar-refractivity contribution in [3.63, 3.8) is 0 Å². The SMILES string of the molecule is COC(=O)c1cc(NC2(C)CCCC2)ccn1. The van der Waals surface area contributed by atoms with Crippen LogP contribution in [0.2, 0.25) is 0 Å². The van der Waals surface area contributed by atoms with E-state index in [0.29, 0.717) is 5.69 Å². The first-order valence-electron chi connectivity index (χ1n) is 5.95. The second-order valence-electron chi connectivity index (χ2n) is 4.81. The molecule has 1 fully saturated rings. The topological polar surface area (TPSA) is 51.2 Å². The Labute approximate surface area is 101 Å². The number of pyridine rings is 1. The van der Waals surface area contributed by atoms with E-state index < -0.39 is 5.97 Å². The van der Waals surface area contributed by atoms with Gasteiger partial charge in [-0.15, -0.1) is 0 Å². The Bertz CT molecular complexity index is 412. The summed E-state index contributed by atoms with van der Waals surface area (Å²) >= 11 is 0. The van der Waals surface area contributed by atoms with Gasteiger partial charge in [-0.25, -0.2) is 9.78 Å². The number of rotatable bonds is 3. The molecule has 4 heteroatoms. The van der Waals surface area contributed by atoms with Gasteiger partial charge >= 0.3 is 5.97 Å². The number of carbonyl (C=O) groups excluding carboxylic acids is 1. The molecule has 2 rings (SSSR count). The zero-order valence-corrected chi connectivity index (χ0v) is 10.3. The van der Waals surface area contributed by atoms with Gasteiger partial charge in [0.25, 0.3) is 0 Å². The van der Waals surface area contributed by atoms with Crippen molar-refractivity contribution in [2.45, 2.75) is 38.1 Å². The number of nitrogens with one attached hydrogen (secondary N) is 1. The van der Waals surface area contributed by atoms with Gasteiger partial charge in [0.05, 0.1) is 7.11 Å². The third kappa shape index (κ3) is 2.75. The standard InChI is InChI=1S/C13H18N2O2/c1-13(6-3-4-7-13)15-10-5-8-14-11(9-10)12(16)17-2/h5,8-9H,3-4,6-7H2,1-2H3,(H,14,15). The Hall–Kier alpha value is -1.58. The van der Waals surface area contributed by atoms with Crippen molar-refractivity contribution in [1.29, 1.82) is 0 Å². The third-order valence-electron chi connectivity index (χ3n) is 3.31. The quantitative estimate of drug-likeness (QED) is 0.817. The fourth-order valence-electron chi connectivity index (χ4n) is 2.35. The van der Waals surface area contributed by atoms with E-state index in [0.717, 1.165) is 5.69 Å². The number of anilines is 1. The van der Waals surface area contributed by atoms with E-state index in [1.54, 1.807) is 12.3 Å². The van der Waals surface area contributed by atoms with E-state index in [2.05, 4.69) is 22.0 Å². The predicted octanol–water partition coefficient (Wildman–Crippen LogP) is 2.61. The molecular weight excluding hydrogens is 216 g/mol. The second-order valence-corrected chi connectivity index (χ2v) is 4.81. The number of carbonyl (C=O) groups is 1. The Morgan fingerprint density at radius 2 is 2.18 bits per heavy atom. The Morgan fingerprint density at radius 3 is 2.82 bits per heavy atom. The molecule has 0 spiro atoms. The first kappa shape index (κ1) is 11.9. The Kier molecular flexibility index (Phi) is 3.31. The summed E-state index contributed by atoms with van der Waals surface area (Å²) in [6.45, 7) is 2.22. The molecule has 1 aromatic rings. The number of aromatic nitrogens is 1. The van der Waals surface area contributed by atoms with Crippen molar-refractivity contribution < 1.29 is 9.53 Å². The molecule has 0 atom stereocenters. The molecule has 0 saturated heterocycles. The summed E-state index contributed by atoms with van der Waals surface area (Å²) in [5, 5.41) is 3.49. The number of ether oxygens (including phenoxy) is 1. The molecule has 0 unspecified atom stereocenters. The summed E-state index contributed by atoms with van der Waals surface area (Å²) in [7, 11) is 1.36. The van der Waals surface area contributed by atoms with Crippen molar-refractivity contribution >= 4 is 11.7 Å². The zero-order chi connectivity index (χ0) is 12.3. The molecule has 4 nitrogen and oxygen atoms in total. The summed E-state index contributed by atoms with van der Waals surface area (Å²) in [5.74, 6) is -0.398. The summed E-state index contributed by atoms with van der Waals surface area (Å²) in [5.41, 5.74) is 1.43. The van der Waals surface area contributed by atoms with Gasteiger partial charge in [0, 0.05) is 17.4 Å². The fourth-order valence-corrected chi connectivity index (χ4v) is 2.35. The number of hydrogen-bond donors (Lipinski definition) is 1. The van der Waals surface area contributed by atoms with Crippen LogP contribution in [0.4, 0.5) is 5.69 Å². The van der Waals surface area contributed by atoms with Gasteiger partial charge in [0.15, 0.2) is 0 Å². The van der Waals surface area contributed by atoms with Crippen LogP contribution in [0.15, 0.2) is 18.3 Å². The zero-order valence-electron chi connectivity index (χ0n) is 10.3. The third-order valence-corrected chi connectivity index (χ3v) is 3.31. The summed E-state index contributed by atoms with van der Waals surface area (Å²) in [4.78, 5) is 15.4. The van der Waals surface area contributed by atoms with Crippen LogP contribution < -0.4 is 5.32 Å².